The highest BCUT2D eigenvalue weighted by atomic mass is 32.2. The zero-order chi connectivity index (χ0) is 14.3. The van der Waals surface area contributed by atoms with Gasteiger partial charge in [0.05, 0.1) is 6.26 Å². The Hall–Kier alpha value is -0.920. The Morgan fingerprint density at radius 1 is 1.47 bits per heavy atom. The number of rotatable bonds is 7. The molecule has 110 valence electrons. The van der Waals surface area contributed by atoms with Crippen LogP contribution in [0.1, 0.15) is 12.8 Å². The van der Waals surface area contributed by atoms with Crippen LogP contribution in [-0.2, 0) is 19.6 Å². The lowest BCUT2D eigenvalue weighted by atomic mass is 9.99. The maximum atomic E-state index is 11.8. The Labute approximate surface area is 114 Å². The molecule has 0 radical (unpaired) electrons. The second kappa shape index (κ2) is 7.62. The number of nitrogens with one attached hydrogen (secondary N) is 1. The van der Waals surface area contributed by atoms with E-state index >= 15 is 0 Å². The van der Waals surface area contributed by atoms with Crippen LogP contribution in [0.2, 0.25) is 0 Å². The molecule has 0 aromatic rings. The second-order valence-corrected chi connectivity index (χ2v) is 6.57. The Balaban J connectivity index is 2.35. The number of carbonyl (C=O) groups is 1. The van der Waals surface area contributed by atoms with E-state index in [4.69, 9.17) is 4.74 Å². The monoisotopic (exact) mass is 290 g/mol. The molecule has 6 nitrogen and oxygen atoms in total. The molecule has 1 aliphatic rings. The van der Waals surface area contributed by atoms with Crippen molar-refractivity contribution in [1.82, 2.24) is 9.62 Å². The maximum Gasteiger partial charge on any atom is 0.223 e. The Morgan fingerprint density at radius 2 is 2.11 bits per heavy atom. The van der Waals surface area contributed by atoms with E-state index in [1.807, 2.05) is 0 Å². The lowest BCUT2D eigenvalue weighted by molar-refractivity contribution is -0.127. The molecule has 0 unspecified atom stereocenters. The van der Waals surface area contributed by atoms with Crippen LogP contribution in [0.25, 0.3) is 0 Å². The molecule has 0 aromatic heterocycles. The first kappa shape index (κ1) is 16.1. The fourth-order valence-electron chi connectivity index (χ4n) is 1.94. The average Bonchev–Trinajstić information content (AvgIpc) is 2.37. The summed E-state index contributed by atoms with van der Waals surface area (Å²) in [5.74, 6) is -0.0322. The third kappa shape index (κ3) is 5.71. The van der Waals surface area contributed by atoms with E-state index in [-0.39, 0.29) is 24.9 Å². The predicted molar refractivity (Wildman–Crippen MR) is 73.2 cm³/mol. The summed E-state index contributed by atoms with van der Waals surface area (Å²) in [5, 5.41) is 2.78. The summed E-state index contributed by atoms with van der Waals surface area (Å²) in [6.07, 6.45) is 4.14. The van der Waals surface area contributed by atoms with Crippen molar-refractivity contribution in [2.45, 2.75) is 12.8 Å². The number of nitrogens with zero attached hydrogens (tertiary/aromatic N) is 1. The van der Waals surface area contributed by atoms with E-state index in [1.54, 1.807) is 0 Å². The van der Waals surface area contributed by atoms with Crippen molar-refractivity contribution < 1.29 is 17.9 Å². The molecule has 0 aliphatic carbocycles. The number of sulfonamides is 1. The van der Waals surface area contributed by atoms with Crippen LogP contribution in [-0.4, -0.2) is 57.7 Å². The lowest BCUT2D eigenvalue weighted by Gasteiger charge is -2.22. The SMILES string of the molecule is C=CCN(CCNC(=O)C1CCOCC1)S(C)(=O)=O. The largest absolute Gasteiger partial charge is 0.381 e. The summed E-state index contributed by atoms with van der Waals surface area (Å²) in [5.41, 5.74) is 0. The quantitative estimate of drug-likeness (QED) is 0.669. The van der Waals surface area contributed by atoms with E-state index in [0.29, 0.717) is 19.8 Å². The average molecular weight is 290 g/mol. The van der Waals surface area contributed by atoms with Crippen LogP contribution in [0.15, 0.2) is 12.7 Å². The molecular formula is C12H22N2O4S. The van der Waals surface area contributed by atoms with E-state index in [9.17, 15) is 13.2 Å². The smallest absolute Gasteiger partial charge is 0.223 e. The molecule has 1 saturated heterocycles. The van der Waals surface area contributed by atoms with Gasteiger partial charge in [-0.05, 0) is 12.8 Å². The number of carbonyl (C=O) groups excluding carboxylic acids is 1. The van der Waals surface area contributed by atoms with Crippen molar-refractivity contribution in [2.75, 3.05) is 39.1 Å². The summed E-state index contributed by atoms with van der Waals surface area (Å²) in [7, 11) is -3.26. The Kier molecular flexibility index (Phi) is 6.47. The summed E-state index contributed by atoms with van der Waals surface area (Å²) in [4.78, 5) is 11.8. The van der Waals surface area contributed by atoms with Crippen molar-refractivity contribution in [3.63, 3.8) is 0 Å². The van der Waals surface area contributed by atoms with Crippen LogP contribution >= 0.6 is 0 Å². The van der Waals surface area contributed by atoms with Gasteiger partial charge in [0.1, 0.15) is 0 Å². The molecule has 0 atom stereocenters. The third-order valence-electron chi connectivity index (χ3n) is 3.05. The van der Waals surface area contributed by atoms with Gasteiger partial charge in [0.25, 0.3) is 0 Å². The van der Waals surface area contributed by atoms with E-state index in [0.717, 1.165) is 19.1 Å². The molecule has 0 bridgehead atoms. The summed E-state index contributed by atoms with van der Waals surface area (Å²) >= 11 is 0. The van der Waals surface area contributed by atoms with Gasteiger partial charge >= 0.3 is 0 Å². The van der Waals surface area contributed by atoms with Gasteiger partial charge in [-0.2, -0.15) is 4.31 Å². The van der Waals surface area contributed by atoms with E-state index < -0.39 is 10.0 Å². The van der Waals surface area contributed by atoms with Crippen molar-refractivity contribution in [2.24, 2.45) is 5.92 Å². The molecule has 1 N–H and O–H groups in total. The zero-order valence-electron chi connectivity index (χ0n) is 11.3. The van der Waals surface area contributed by atoms with Gasteiger partial charge in [-0.3, -0.25) is 4.79 Å². The van der Waals surface area contributed by atoms with Gasteiger partial charge in [0, 0.05) is 38.8 Å². The van der Waals surface area contributed by atoms with Gasteiger partial charge in [-0.15, -0.1) is 6.58 Å². The molecule has 0 aromatic carbocycles. The van der Waals surface area contributed by atoms with Gasteiger partial charge in [-0.1, -0.05) is 6.08 Å². The van der Waals surface area contributed by atoms with Crippen molar-refractivity contribution in [3.8, 4) is 0 Å². The first-order chi connectivity index (χ1) is 8.95. The van der Waals surface area contributed by atoms with Crippen molar-refractivity contribution in [3.05, 3.63) is 12.7 Å². The summed E-state index contributed by atoms with van der Waals surface area (Å²) in [6.45, 7) is 5.59. The fraction of sp³-hybridized carbons (Fsp3) is 0.750. The lowest BCUT2D eigenvalue weighted by Crippen LogP contribution is -2.41. The van der Waals surface area contributed by atoms with E-state index in [2.05, 4.69) is 11.9 Å². The predicted octanol–water partition coefficient (Wildman–Crippen LogP) is -0.0232. The molecule has 19 heavy (non-hydrogen) atoms. The molecule has 1 aliphatic heterocycles. The number of amides is 1. The number of hydrogen-bond acceptors (Lipinski definition) is 4. The van der Waals surface area contributed by atoms with E-state index in [1.165, 1.54) is 10.4 Å². The van der Waals surface area contributed by atoms with Gasteiger partial charge in [0.15, 0.2) is 0 Å². The fourth-order valence-corrected chi connectivity index (χ4v) is 2.74. The molecule has 7 heteroatoms. The normalized spacial score (nSPS) is 17.4. The molecule has 1 heterocycles. The molecule has 1 fully saturated rings. The number of hydrogen-bond donors (Lipinski definition) is 1. The second-order valence-electron chi connectivity index (χ2n) is 4.59. The minimum absolute atomic E-state index is 0.0140. The highest BCUT2D eigenvalue weighted by Crippen LogP contribution is 2.14. The maximum absolute atomic E-state index is 11.8. The minimum Gasteiger partial charge on any atom is -0.381 e. The molecule has 1 amide bonds. The standard InChI is InChI=1S/C12H22N2O4S/c1-3-7-14(19(2,16)17)8-6-13-12(15)11-4-9-18-10-5-11/h3,11H,1,4-10H2,2H3,(H,13,15). The Morgan fingerprint density at radius 3 is 2.63 bits per heavy atom. The minimum atomic E-state index is -3.26. The Bertz CT molecular complexity index is 402. The van der Waals surface area contributed by atoms with Crippen LogP contribution in [0.5, 0.6) is 0 Å². The van der Waals surface area contributed by atoms with Gasteiger partial charge < -0.3 is 10.1 Å². The van der Waals surface area contributed by atoms with Crippen LogP contribution in [0.4, 0.5) is 0 Å². The van der Waals surface area contributed by atoms with Crippen LogP contribution < -0.4 is 5.32 Å². The van der Waals surface area contributed by atoms with Crippen LogP contribution in [0, 0.1) is 5.92 Å². The highest BCUT2D eigenvalue weighted by Gasteiger charge is 2.21. The first-order valence-corrected chi connectivity index (χ1v) is 8.21. The topological polar surface area (TPSA) is 75.7 Å². The van der Waals surface area contributed by atoms with Crippen molar-refractivity contribution in [1.29, 1.82) is 0 Å². The molecule has 0 saturated carbocycles. The molecule has 0 spiro atoms. The van der Waals surface area contributed by atoms with Crippen LogP contribution in [0.3, 0.4) is 0 Å². The third-order valence-corrected chi connectivity index (χ3v) is 4.32. The first-order valence-electron chi connectivity index (χ1n) is 6.36. The number of ether oxygens (including phenoxy) is 1. The van der Waals surface area contributed by atoms with Gasteiger partial charge in [0.2, 0.25) is 15.9 Å². The summed E-state index contributed by atoms with van der Waals surface area (Å²) in [6, 6.07) is 0. The molecule has 1 rings (SSSR count). The zero-order valence-corrected chi connectivity index (χ0v) is 12.1. The highest BCUT2D eigenvalue weighted by molar-refractivity contribution is 7.88. The van der Waals surface area contributed by atoms with Gasteiger partial charge in [-0.25, -0.2) is 8.42 Å². The summed E-state index contributed by atoms with van der Waals surface area (Å²) < 4.78 is 29.4. The van der Waals surface area contributed by atoms with Crippen molar-refractivity contribution >= 4 is 15.9 Å². The molecular weight excluding hydrogens is 268 g/mol.